The number of ether oxygens (including phenoxy) is 6. The van der Waals surface area contributed by atoms with Gasteiger partial charge in [-0.25, -0.2) is 4.79 Å². The molecular weight excluding hydrogens is 440 g/mol. The van der Waals surface area contributed by atoms with E-state index >= 15 is 0 Å². The molecule has 178 valence electrons. The number of carbonyl (C=O) groups is 2. The number of hydrogen-bond acceptors (Lipinski definition) is 8. The van der Waals surface area contributed by atoms with E-state index in [0.29, 0.717) is 28.4 Å². The maximum Gasteiger partial charge on any atom is 0.343 e. The van der Waals surface area contributed by atoms with Gasteiger partial charge in [-0.1, -0.05) is 12.1 Å². The molecule has 0 aliphatic carbocycles. The molecule has 0 spiro atoms. The molecule has 34 heavy (non-hydrogen) atoms. The Balaban J connectivity index is 2.01. The zero-order chi connectivity index (χ0) is 24.7. The van der Waals surface area contributed by atoms with Crippen LogP contribution in [0.3, 0.4) is 0 Å². The largest absolute Gasteiger partial charge is 0.497 e. The van der Waals surface area contributed by atoms with Gasteiger partial charge < -0.3 is 28.4 Å². The predicted octanol–water partition coefficient (Wildman–Crippen LogP) is 4.51. The highest BCUT2D eigenvalue weighted by Gasteiger charge is 2.30. The standard InChI is InChI=1S/C26H26O8/c1-29-18-10-6-16(7-11-18)22(27)23(17-8-12-19(30-2)13-9-17)34-26(28)20-14-15-21(31-3)25(33-5)24(20)32-4/h6-15,23H,1-5H3/t23-/m0/s1. The lowest BCUT2D eigenvalue weighted by Gasteiger charge is -2.20. The average molecular weight is 466 g/mol. The van der Waals surface area contributed by atoms with Crippen LogP contribution in [0.1, 0.15) is 32.4 Å². The summed E-state index contributed by atoms with van der Waals surface area (Å²) >= 11 is 0. The number of esters is 1. The fraction of sp³-hybridized carbons (Fsp3) is 0.231. The molecule has 0 aliphatic rings. The number of ketones is 1. The first kappa shape index (κ1) is 24.4. The number of methoxy groups -OCH3 is 5. The lowest BCUT2D eigenvalue weighted by Crippen LogP contribution is -2.21. The maximum absolute atomic E-state index is 13.4. The molecule has 0 heterocycles. The summed E-state index contributed by atoms with van der Waals surface area (Å²) in [6, 6.07) is 16.3. The number of carbonyl (C=O) groups excluding carboxylic acids is 2. The quantitative estimate of drug-likeness (QED) is 0.319. The zero-order valence-corrected chi connectivity index (χ0v) is 19.6. The SMILES string of the molecule is COc1ccc(C(=O)[C@@H](OC(=O)c2ccc(OC)c(OC)c2OC)c2ccc(OC)cc2)cc1. The second kappa shape index (κ2) is 11.1. The van der Waals surface area contributed by atoms with E-state index in [2.05, 4.69) is 0 Å². The molecule has 0 aliphatic heterocycles. The lowest BCUT2D eigenvalue weighted by molar-refractivity contribution is 0.0276. The third-order valence-corrected chi connectivity index (χ3v) is 5.18. The molecule has 0 radical (unpaired) electrons. The molecular formula is C26H26O8. The van der Waals surface area contributed by atoms with E-state index in [1.54, 1.807) is 61.7 Å². The van der Waals surface area contributed by atoms with Crippen LogP contribution in [0.5, 0.6) is 28.7 Å². The van der Waals surface area contributed by atoms with Crippen molar-refractivity contribution in [2.45, 2.75) is 6.10 Å². The second-order valence-electron chi connectivity index (χ2n) is 7.03. The van der Waals surface area contributed by atoms with Crippen molar-refractivity contribution in [3.8, 4) is 28.7 Å². The van der Waals surface area contributed by atoms with Crippen LogP contribution in [0.25, 0.3) is 0 Å². The molecule has 0 saturated carbocycles. The summed E-state index contributed by atoms with van der Waals surface area (Å²) in [5.41, 5.74) is 0.921. The molecule has 8 heteroatoms. The summed E-state index contributed by atoms with van der Waals surface area (Å²) < 4.78 is 32.1. The fourth-order valence-corrected chi connectivity index (χ4v) is 3.39. The van der Waals surface area contributed by atoms with Gasteiger partial charge >= 0.3 is 5.97 Å². The topological polar surface area (TPSA) is 89.5 Å². The van der Waals surface area contributed by atoms with E-state index in [1.807, 2.05) is 0 Å². The summed E-state index contributed by atoms with van der Waals surface area (Å²) in [6.45, 7) is 0. The molecule has 3 aromatic rings. The normalized spacial score (nSPS) is 11.2. The summed E-state index contributed by atoms with van der Waals surface area (Å²) in [6.07, 6.45) is -1.22. The van der Waals surface area contributed by atoms with Crippen LogP contribution in [-0.4, -0.2) is 47.3 Å². The van der Waals surface area contributed by atoms with Crippen LogP contribution >= 0.6 is 0 Å². The van der Waals surface area contributed by atoms with Gasteiger partial charge in [0, 0.05) is 11.1 Å². The van der Waals surface area contributed by atoms with Gasteiger partial charge in [0.1, 0.15) is 17.1 Å². The number of benzene rings is 3. The van der Waals surface area contributed by atoms with Crippen molar-refractivity contribution in [1.29, 1.82) is 0 Å². The highest BCUT2D eigenvalue weighted by molar-refractivity contribution is 6.03. The van der Waals surface area contributed by atoms with Crippen LogP contribution in [0.4, 0.5) is 0 Å². The summed E-state index contributed by atoms with van der Waals surface area (Å²) in [5, 5.41) is 0. The van der Waals surface area contributed by atoms with E-state index in [0.717, 1.165) is 0 Å². The molecule has 0 amide bonds. The van der Waals surface area contributed by atoms with Crippen molar-refractivity contribution < 1.29 is 38.0 Å². The first-order valence-corrected chi connectivity index (χ1v) is 10.3. The van der Waals surface area contributed by atoms with Gasteiger partial charge in [-0.05, 0) is 48.5 Å². The zero-order valence-electron chi connectivity index (χ0n) is 19.6. The van der Waals surface area contributed by atoms with Crippen LogP contribution < -0.4 is 23.7 Å². The van der Waals surface area contributed by atoms with Crippen LogP contribution in [0.2, 0.25) is 0 Å². The van der Waals surface area contributed by atoms with Gasteiger partial charge in [0.05, 0.1) is 35.5 Å². The Labute approximate surface area is 197 Å². The third kappa shape index (κ3) is 5.06. The van der Waals surface area contributed by atoms with E-state index in [-0.39, 0.29) is 17.1 Å². The second-order valence-corrected chi connectivity index (χ2v) is 7.03. The van der Waals surface area contributed by atoms with Crippen molar-refractivity contribution in [2.24, 2.45) is 0 Å². The molecule has 3 rings (SSSR count). The van der Waals surface area contributed by atoms with E-state index in [4.69, 9.17) is 28.4 Å². The van der Waals surface area contributed by atoms with Crippen molar-refractivity contribution in [3.63, 3.8) is 0 Å². The first-order chi connectivity index (χ1) is 16.5. The Hall–Kier alpha value is -4.20. The van der Waals surface area contributed by atoms with E-state index < -0.39 is 17.9 Å². The predicted molar refractivity (Wildman–Crippen MR) is 125 cm³/mol. The number of rotatable bonds is 10. The molecule has 0 bridgehead atoms. The summed E-state index contributed by atoms with van der Waals surface area (Å²) in [5.74, 6) is 0.800. The van der Waals surface area contributed by atoms with Gasteiger partial charge in [-0.15, -0.1) is 0 Å². The molecule has 0 aromatic heterocycles. The van der Waals surface area contributed by atoms with Gasteiger partial charge in [0.25, 0.3) is 0 Å². The highest BCUT2D eigenvalue weighted by Crippen LogP contribution is 2.40. The van der Waals surface area contributed by atoms with Crippen LogP contribution in [0, 0.1) is 0 Å². The Kier molecular flexibility index (Phi) is 7.97. The minimum absolute atomic E-state index is 0.0844. The smallest absolute Gasteiger partial charge is 0.343 e. The molecule has 0 fully saturated rings. The number of hydrogen-bond donors (Lipinski definition) is 0. The molecule has 0 unspecified atom stereocenters. The lowest BCUT2D eigenvalue weighted by atomic mass is 9.99. The van der Waals surface area contributed by atoms with Gasteiger partial charge in [0.2, 0.25) is 11.5 Å². The van der Waals surface area contributed by atoms with Crippen molar-refractivity contribution in [2.75, 3.05) is 35.5 Å². The summed E-state index contributed by atoms with van der Waals surface area (Å²) in [4.78, 5) is 26.7. The minimum Gasteiger partial charge on any atom is -0.497 e. The van der Waals surface area contributed by atoms with E-state index in [1.165, 1.54) is 34.5 Å². The third-order valence-electron chi connectivity index (χ3n) is 5.18. The first-order valence-electron chi connectivity index (χ1n) is 10.3. The summed E-state index contributed by atoms with van der Waals surface area (Å²) in [7, 11) is 7.39. The van der Waals surface area contributed by atoms with E-state index in [9.17, 15) is 9.59 Å². The molecule has 0 saturated heterocycles. The molecule has 0 N–H and O–H groups in total. The maximum atomic E-state index is 13.4. The molecule has 1 atom stereocenters. The molecule has 8 nitrogen and oxygen atoms in total. The number of Topliss-reactive ketones (excluding diaryl/α,β-unsaturated/α-hetero) is 1. The van der Waals surface area contributed by atoms with Crippen molar-refractivity contribution in [3.05, 3.63) is 77.4 Å². The fourth-order valence-electron chi connectivity index (χ4n) is 3.39. The van der Waals surface area contributed by atoms with Crippen molar-refractivity contribution in [1.82, 2.24) is 0 Å². The highest BCUT2D eigenvalue weighted by atomic mass is 16.6. The van der Waals surface area contributed by atoms with Gasteiger partial charge in [-0.3, -0.25) is 4.79 Å². The van der Waals surface area contributed by atoms with Crippen LogP contribution in [0.15, 0.2) is 60.7 Å². The minimum atomic E-state index is -1.22. The Morgan fingerprint density at radius 2 is 1.18 bits per heavy atom. The average Bonchev–Trinajstić information content (AvgIpc) is 2.90. The Bertz CT molecular complexity index is 1140. The molecule has 3 aromatic carbocycles. The Morgan fingerprint density at radius 3 is 1.68 bits per heavy atom. The monoisotopic (exact) mass is 466 g/mol. The van der Waals surface area contributed by atoms with Crippen LogP contribution in [-0.2, 0) is 4.74 Å². The van der Waals surface area contributed by atoms with Gasteiger partial charge in [0.15, 0.2) is 17.6 Å². The Morgan fingerprint density at radius 1 is 0.618 bits per heavy atom. The van der Waals surface area contributed by atoms with Gasteiger partial charge in [-0.2, -0.15) is 0 Å². The van der Waals surface area contributed by atoms with Crippen molar-refractivity contribution >= 4 is 11.8 Å².